The lowest BCUT2D eigenvalue weighted by molar-refractivity contribution is 0.465. The Morgan fingerprint density at radius 1 is 1.21 bits per heavy atom. The number of aromatic amines is 1. The van der Waals surface area contributed by atoms with Crippen molar-refractivity contribution in [3.8, 4) is 23.1 Å². The van der Waals surface area contributed by atoms with E-state index in [-0.39, 0.29) is 0 Å². The van der Waals surface area contributed by atoms with E-state index in [2.05, 4.69) is 15.2 Å². The van der Waals surface area contributed by atoms with Crippen LogP contribution in [0.5, 0.6) is 11.6 Å². The van der Waals surface area contributed by atoms with Crippen LogP contribution in [0, 0.1) is 6.92 Å². The largest absolute Gasteiger partial charge is 0.438 e. The van der Waals surface area contributed by atoms with E-state index in [1.807, 2.05) is 61.1 Å². The van der Waals surface area contributed by atoms with Crippen molar-refractivity contribution < 1.29 is 4.74 Å². The Morgan fingerprint density at radius 3 is 2.68 bits per heavy atom. The van der Waals surface area contributed by atoms with Crippen molar-refractivity contribution in [2.75, 3.05) is 0 Å². The molecule has 2 aromatic heterocycles. The summed E-state index contributed by atoms with van der Waals surface area (Å²) >= 11 is 0. The number of benzene rings is 1. The summed E-state index contributed by atoms with van der Waals surface area (Å²) in [7, 11) is 1.92. The number of ether oxygens (including phenoxy) is 1. The third kappa shape index (κ3) is 2.35. The second-order valence-electron chi connectivity index (χ2n) is 4.36. The minimum Gasteiger partial charge on any atom is -0.438 e. The van der Waals surface area contributed by atoms with Crippen LogP contribution in [-0.4, -0.2) is 19.7 Å². The van der Waals surface area contributed by atoms with Crippen molar-refractivity contribution in [1.29, 1.82) is 0 Å². The lowest BCUT2D eigenvalue weighted by Crippen LogP contribution is -1.90. The maximum atomic E-state index is 5.70. The molecule has 0 atom stereocenters. The van der Waals surface area contributed by atoms with E-state index in [4.69, 9.17) is 4.74 Å². The van der Waals surface area contributed by atoms with Gasteiger partial charge in [-0.2, -0.15) is 10.1 Å². The first-order chi connectivity index (χ1) is 9.22. The Kier molecular flexibility index (Phi) is 2.79. The SMILES string of the molecule is Cc1cc(-c2nc(Oc3ccccc3)cn2C)n[nH]1. The quantitative estimate of drug-likeness (QED) is 0.781. The highest BCUT2D eigenvalue weighted by Crippen LogP contribution is 2.24. The fourth-order valence-electron chi connectivity index (χ4n) is 1.87. The lowest BCUT2D eigenvalue weighted by atomic mass is 10.3. The van der Waals surface area contributed by atoms with E-state index < -0.39 is 0 Å². The Hall–Kier alpha value is -2.56. The minimum absolute atomic E-state index is 0.560. The summed E-state index contributed by atoms with van der Waals surface area (Å²) < 4.78 is 7.59. The van der Waals surface area contributed by atoms with E-state index in [0.717, 1.165) is 23.0 Å². The van der Waals surface area contributed by atoms with Crippen LogP contribution in [0.1, 0.15) is 5.69 Å². The Balaban J connectivity index is 1.89. The molecule has 0 aliphatic rings. The Morgan fingerprint density at radius 2 is 2.00 bits per heavy atom. The third-order valence-electron chi connectivity index (χ3n) is 2.75. The summed E-state index contributed by atoms with van der Waals surface area (Å²) in [4.78, 5) is 4.45. The summed E-state index contributed by atoms with van der Waals surface area (Å²) in [5, 5.41) is 7.11. The summed E-state index contributed by atoms with van der Waals surface area (Å²) in [5.74, 6) is 2.10. The number of para-hydroxylation sites is 1. The Bertz CT molecular complexity index is 685. The van der Waals surface area contributed by atoms with Gasteiger partial charge in [-0.15, -0.1) is 0 Å². The van der Waals surface area contributed by atoms with E-state index in [1.54, 1.807) is 0 Å². The molecule has 0 radical (unpaired) electrons. The molecule has 5 nitrogen and oxygen atoms in total. The summed E-state index contributed by atoms with van der Waals surface area (Å²) in [6.45, 7) is 1.96. The zero-order chi connectivity index (χ0) is 13.2. The van der Waals surface area contributed by atoms with Gasteiger partial charge in [0, 0.05) is 12.7 Å². The first kappa shape index (κ1) is 11.5. The molecule has 0 saturated carbocycles. The third-order valence-corrected chi connectivity index (χ3v) is 2.75. The number of imidazole rings is 1. The molecular weight excluding hydrogens is 240 g/mol. The second-order valence-corrected chi connectivity index (χ2v) is 4.36. The Labute approximate surface area is 110 Å². The molecule has 0 spiro atoms. The standard InChI is InChI=1S/C14H14N4O/c1-10-8-12(17-16-10)14-15-13(9-18(14)2)19-11-6-4-3-5-7-11/h3-9H,1-2H3,(H,16,17). The van der Waals surface area contributed by atoms with Gasteiger partial charge >= 0.3 is 0 Å². The van der Waals surface area contributed by atoms with E-state index >= 15 is 0 Å². The molecule has 0 unspecified atom stereocenters. The predicted molar refractivity (Wildman–Crippen MR) is 72.0 cm³/mol. The smallest absolute Gasteiger partial charge is 0.237 e. The number of hydrogen-bond donors (Lipinski definition) is 1. The van der Waals surface area contributed by atoms with Crippen LogP contribution in [-0.2, 0) is 7.05 Å². The number of H-pyrrole nitrogens is 1. The first-order valence-electron chi connectivity index (χ1n) is 6.01. The summed E-state index contributed by atoms with van der Waals surface area (Å²) in [6, 6.07) is 11.5. The van der Waals surface area contributed by atoms with Crippen molar-refractivity contribution in [3.63, 3.8) is 0 Å². The van der Waals surface area contributed by atoms with Gasteiger partial charge in [0.25, 0.3) is 0 Å². The molecule has 1 N–H and O–H groups in total. The van der Waals surface area contributed by atoms with Crippen molar-refractivity contribution >= 4 is 0 Å². The van der Waals surface area contributed by atoms with Gasteiger partial charge in [0.15, 0.2) is 5.82 Å². The van der Waals surface area contributed by atoms with Crippen molar-refractivity contribution in [1.82, 2.24) is 19.7 Å². The summed E-state index contributed by atoms with van der Waals surface area (Å²) in [6.07, 6.45) is 1.84. The van der Waals surface area contributed by atoms with Crippen molar-refractivity contribution in [2.45, 2.75) is 6.92 Å². The van der Waals surface area contributed by atoms with Gasteiger partial charge in [-0.3, -0.25) is 5.10 Å². The lowest BCUT2D eigenvalue weighted by Gasteiger charge is -1.99. The van der Waals surface area contributed by atoms with Crippen LogP contribution in [0.3, 0.4) is 0 Å². The molecule has 1 aromatic carbocycles. The molecule has 5 heteroatoms. The fourth-order valence-corrected chi connectivity index (χ4v) is 1.87. The van der Waals surface area contributed by atoms with Crippen LogP contribution in [0.25, 0.3) is 11.5 Å². The van der Waals surface area contributed by atoms with Gasteiger partial charge < -0.3 is 9.30 Å². The first-order valence-corrected chi connectivity index (χ1v) is 6.01. The van der Waals surface area contributed by atoms with Crippen LogP contribution >= 0.6 is 0 Å². The van der Waals surface area contributed by atoms with Gasteiger partial charge in [-0.05, 0) is 25.1 Å². The van der Waals surface area contributed by atoms with Crippen LogP contribution in [0.2, 0.25) is 0 Å². The molecule has 0 aliphatic carbocycles. The maximum Gasteiger partial charge on any atom is 0.237 e. The van der Waals surface area contributed by atoms with Crippen LogP contribution < -0.4 is 4.74 Å². The van der Waals surface area contributed by atoms with Crippen molar-refractivity contribution in [2.24, 2.45) is 7.05 Å². The van der Waals surface area contributed by atoms with E-state index in [9.17, 15) is 0 Å². The molecule has 3 aromatic rings. The second kappa shape index (κ2) is 4.61. The number of nitrogens with one attached hydrogen (secondary N) is 1. The molecule has 0 aliphatic heterocycles. The van der Waals surface area contributed by atoms with E-state index in [1.165, 1.54) is 0 Å². The van der Waals surface area contributed by atoms with Crippen LogP contribution in [0.4, 0.5) is 0 Å². The van der Waals surface area contributed by atoms with E-state index in [0.29, 0.717) is 5.88 Å². The molecule has 3 rings (SSSR count). The summed E-state index contributed by atoms with van der Waals surface area (Å²) in [5.41, 5.74) is 1.81. The van der Waals surface area contributed by atoms with Gasteiger partial charge in [-0.1, -0.05) is 18.2 Å². The van der Waals surface area contributed by atoms with Gasteiger partial charge in [-0.25, -0.2) is 0 Å². The highest BCUT2D eigenvalue weighted by atomic mass is 16.5. The zero-order valence-electron chi connectivity index (χ0n) is 10.8. The normalized spacial score (nSPS) is 10.6. The maximum absolute atomic E-state index is 5.70. The molecule has 0 bridgehead atoms. The minimum atomic E-state index is 0.560. The molecule has 0 fully saturated rings. The topological polar surface area (TPSA) is 55.7 Å². The molecule has 0 saturated heterocycles. The molecule has 96 valence electrons. The number of rotatable bonds is 3. The number of aromatic nitrogens is 4. The van der Waals surface area contributed by atoms with Crippen LogP contribution in [0.15, 0.2) is 42.6 Å². The average Bonchev–Trinajstić information content (AvgIpc) is 2.97. The van der Waals surface area contributed by atoms with Gasteiger partial charge in [0.05, 0.1) is 6.20 Å². The van der Waals surface area contributed by atoms with Gasteiger partial charge in [0.2, 0.25) is 5.88 Å². The highest BCUT2D eigenvalue weighted by Gasteiger charge is 2.11. The number of hydrogen-bond acceptors (Lipinski definition) is 3. The molecular formula is C14H14N4O. The zero-order valence-corrected chi connectivity index (χ0v) is 10.8. The number of nitrogens with zero attached hydrogens (tertiary/aromatic N) is 3. The molecule has 19 heavy (non-hydrogen) atoms. The van der Waals surface area contributed by atoms with Crippen molar-refractivity contribution in [3.05, 3.63) is 48.3 Å². The monoisotopic (exact) mass is 254 g/mol. The highest BCUT2D eigenvalue weighted by molar-refractivity contribution is 5.51. The molecule has 0 amide bonds. The predicted octanol–water partition coefficient (Wildman–Crippen LogP) is 2.91. The average molecular weight is 254 g/mol. The number of aryl methyl sites for hydroxylation is 2. The molecule has 2 heterocycles. The fraction of sp³-hybridized carbons (Fsp3) is 0.143. The van der Waals surface area contributed by atoms with Gasteiger partial charge in [0.1, 0.15) is 11.4 Å².